The summed E-state index contributed by atoms with van der Waals surface area (Å²) in [5, 5.41) is 0. The number of hydrogen-bond donors (Lipinski definition) is 0. The maximum atomic E-state index is 12.6. The van der Waals surface area contributed by atoms with Crippen molar-refractivity contribution in [3.8, 4) is 0 Å². The van der Waals surface area contributed by atoms with E-state index >= 15 is 0 Å². The van der Waals surface area contributed by atoms with Crippen molar-refractivity contribution in [1.82, 2.24) is 14.8 Å². The third kappa shape index (κ3) is 3.69. The fourth-order valence-corrected chi connectivity index (χ4v) is 3.92. The molecule has 2 aliphatic rings. The number of fused-ring (bicyclic) bond motifs is 1. The highest BCUT2D eigenvalue weighted by Gasteiger charge is 2.34. The number of carbonyl (C=O) groups is 1. The predicted octanol–water partition coefficient (Wildman–Crippen LogP) is 3.37. The summed E-state index contributed by atoms with van der Waals surface area (Å²) in [6.45, 7) is 3.06. The minimum atomic E-state index is -4.50. The van der Waals surface area contributed by atoms with E-state index < -0.39 is 11.9 Å². The van der Waals surface area contributed by atoms with Crippen LogP contribution in [0.1, 0.15) is 33.6 Å². The van der Waals surface area contributed by atoms with Crippen molar-refractivity contribution < 1.29 is 18.0 Å². The summed E-state index contributed by atoms with van der Waals surface area (Å²) >= 11 is 0. The van der Waals surface area contributed by atoms with Crippen molar-refractivity contribution in [2.24, 2.45) is 0 Å². The van der Waals surface area contributed by atoms with Gasteiger partial charge < -0.3 is 4.90 Å². The van der Waals surface area contributed by atoms with Crippen LogP contribution in [-0.4, -0.2) is 46.4 Å². The second kappa shape index (κ2) is 6.96. The zero-order chi connectivity index (χ0) is 19.0. The summed E-state index contributed by atoms with van der Waals surface area (Å²) in [4.78, 5) is 20.1. The van der Waals surface area contributed by atoms with E-state index in [9.17, 15) is 18.0 Å². The van der Waals surface area contributed by atoms with Crippen LogP contribution in [0.5, 0.6) is 0 Å². The molecule has 0 N–H and O–H groups in total. The van der Waals surface area contributed by atoms with Crippen molar-refractivity contribution in [2.75, 3.05) is 19.6 Å². The smallest absolute Gasteiger partial charge is 0.337 e. The number of likely N-dealkylation sites (tertiary alicyclic amines) is 1. The van der Waals surface area contributed by atoms with Gasteiger partial charge in [-0.1, -0.05) is 24.3 Å². The van der Waals surface area contributed by atoms with Crippen LogP contribution >= 0.6 is 0 Å². The molecule has 7 heteroatoms. The van der Waals surface area contributed by atoms with Gasteiger partial charge in [-0.25, -0.2) is 0 Å². The standard InChI is InChI=1S/C20H20F3N3O/c21-20(22,23)18-6-5-15(11-24-18)19(27)26-10-8-17(13-26)25-9-7-14-3-1-2-4-16(14)12-25/h1-6,11,17H,7-10,12-13H2. The number of rotatable bonds is 2. The molecular weight excluding hydrogens is 355 g/mol. The van der Waals surface area contributed by atoms with Gasteiger partial charge in [0.25, 0.3) is 5.91 Å². The Bertz CT molecular complexity index is 835. The molecule has 1 amide bonds. The van der Waals surface area contributed by atoms with Crippen LogP contribution in [0.3, 0.4) is 0 Å². The molecule has 4 nitrogen and oxygen atoms in total. The lowest BCUT2D eigenvalue weighted by molar-refractivity contribution is -0.141. The number of aromatic nitrogens is 1. The molecule has 0 radical (unpaired) electrons. The van der Waals surface area contributed by atoms with Crippen molar-refractivity contribution in [3.05, 3.63) is 65.0 Å². The van der Waals surface area contributed by atoms with Crippen molar-refractivity contribution in [1.29, 1.82) is 0 Å². The SMILES string of the molecule is O=C(c1ccc(C(F)(F)F)nc1)N1CCC(N2CCc3ccccc3C2)C1. The van der Waals surface area contributed by atoms with E-state index in [0.717, 1.165) is 38.2 Å². The van der Waals surface area contributed by atoms with Crippen LogP contribution in [-0.2, 0) is 19.1 Å². The first-order valence-corrected chi connectivity index (χ1v) is 9.05. The van der Waals surface area contributed by atoms with E-state index in [1.165, 1.54) is 17.2 Å². The van der Waals surface area contributed by atoms with Crippen molar-refractivity contribution >= 4 is 5.91 Å². The van der Waals surface area contributed by atoms with Gasteiger partial charge in [-0.3, -0.25) is 14.7 Å². The highest BCUT2D eigenvalue weighted by atomic mass is 19.4. The van der Waals surface area contributed by atoms with Crippen LogP contribution in [0, 0.1) is 0 Å². The molecule has 0 aliphatic carbocycles. The molecule has 1 unspecified atom stereocenters. The minimum absolute atomic E-state index is 0.202. The first-order chi connectivity index (χ1) is 12.9. The maximum Gasteiger partial charge on any atom is 0.433 e. The summed E-state index contributed by atoms with van der Waals surface area (Å²) < 4.78 is 37.9. The minimum Gasteiger partial charge on any atom is -0.337 e. The summed E-state index contributed by atoms with van der Waals surface area (Å²) in [5.41, 5.74) is 1.94. The zero-order valence-corrected chi connectivity index (χ0v) is 14.7. The molecule has 27 heavy (non-hydrogen) atoms. The van der Waals surface area contributed by atoms with Gasteiger partial charge in [0.15, 0.2) is 0 Å². The molecule has 1 fully saturated rings. The Labute approximate surface area is 155 Å². The number of nitrogens with zero attached hydrogens (tertiary/aromatic N) is 3. The molecule has 1 aromatic heterocycles. The summed E-state index contributed by atoms with van der Waals surface area (Å²) in [7, 11) is 0. The lowest BCUT2D eigenvalue weighted by Crippen LogP contribution is -2.41. The Morgan fingerprint density at radius 2 is 1.85 bits per heavy atom. The second-order valence-electron chi connectivity index (χ2n) is 7.11. The largest absolute Gasteiger partial charge is 0.433 e. The lowest BCUT2D eigenvalue weighted by Gasteiger charge is -2.33. The van der Waals surface area contributed by atoms with Gasteiger partial charge in [-0.2, -0.15) is 13.2 Å². The Morgan fingerprint density at radius 3 is 2.56 bits per heavy atom. The highest BCUT2D eigenvalue weighted by Crippen LogP contribution is 2.28. The molecular formula is C20H20F3N3O. The molecule has 2 aliphatic heterocycles. The normalized spacial score (nSPS) is 20.6. The Kier molecular flexibility index (Phi) is 4.63. The van der Waals surface area contributed by atoms with Crippen molar-refractivity contribution in [2.45, 2.75) is 31.6 Å². The van der Waals surface area contributed by atoms with Gasteiger partial charge in [-0.15, -0.1) is 0 Å². The number of benzene rings is 1. The fourth-order valence-electron chi connectivity index (χ4n) is 3.92. The molecule has 1 aromatic carbocycles. The van der Waals surface area contributed by atoms with E-state index in [0.29, 0.717) is 13.1 Å². The number of halogens is 3. The number of alkyl halides is 3. The van der Waals surface area contributed by atoms with Crippen LogP contribution in [0.25, 0.3) is 0 Å². The average molecular weight is 375 g/mol. The maximum absolute atomic E-state index is 12.6. The third-order valence-electron chi connectivity index (χ3n) is 5.43. The molecule has 0 saturated carbocycles. The van der Waals surface area contributed by atoms with Crippen LogP contribution in [0.2, 0.25) is 0 Å². The van der Waals surface area contributed by atoms with Crippen LogP contribution in [0.15, 0.2) is 42.6 Å². The predicted molar refractivity (Wildman–Crippen MR) is 94.1 cm³/mol. The Balaban J connectivity index is 1.40. The molecule has 0 bridgehead atoms. The quantitative estimate of drug-likeness (QED) is 0.808. The molecule has 0 spiro atoms. The highest BCUT2D eigenvalue weighted by molar-refractivity contribution is 5.94. The van der Waals surface area contributed by atoms with Gasteiger partial charge in [0.05, 0.1) is 5.56 Å². The van der Waals surface area contributed by atoms with Gasteiger partial charge in [0, 0.05) is 38.4 Å². The number of carbonyl (C=O) groups excluding carboxylic acids is 1. The molecule has 3 heterocycles. The number of amides is 1. The molecule has 4 rings (SSSR count). The summed E-state index contributed by atoms with van der Waals surface area (Å²) in [6.07, 6.45) is -1.59. The topological polar surface area (TPSA) is 36.4 Å². The van der Waals surface area contributed by atoms with E-state index in [1.54, 1.807) is 4.90 Å². The van der Waals surface area contributed by atoms with E-state index in [2.05, 4.69) is 28.1 Å². The van der Waals surface area contributed by atoms with Gasteiger partial charge >= 0.3 is 6.18 Å². The molecule has 1 saturated heterocycles. The monoisotopic (exact) mass is 375 g/mol. The first kappa shape index (κ1) is 18.0. The van der Waals surface area contributed by atoms with Gasteiger partial charge in [-0.05, 0) is 36.1 Å². The lowest BCUT2D eigenvalue weighted by atomic mass is 9.98. The first-order valence-electron chi connectivity index (χ1n) is 9.05. The number of hydrogen-bond acceptors (Lipinski definition) is 3. The number of pyridine rings is 1. The van der Waals surface area contributed by atoms with Crippen molar-refractivity contribution in [3.63, 3.8) is 0 Å². The van der Waals surface area contributed by atoms with E-state index in [1.807, 2.05) is 6.07 Å². The van der Waals surface area contributed by atoms with Gasteiger partial charge in [0.2, 0.25) is 0 Å². The van der Waals surface area contributed by atoms with Crippen LogP contribution in [0.4, 0.5) is 13.2 Å². The molecule has 142 valence electrons. The second-order valence-corrected chi connectivity index (χ2v) is 7.11. The summed E-state index contributed by atoms with van der Waals surface area (Å²) in [6, 6.07) is 10.8. The van der Waals surface area contributed by atoms with Crippen LogP contribution < -0.4 is 0 Å². The zero-order valence-electron chi connectivity index (χ0n) is 14.7. The Morgan fingerprint density at radius 1 is 1.07 bits per heavy atom. The van der Waals surface area contributed by atoms with E-state index in [4.69, 9.17) is 0 Å². The van der Waals surface area contributed by atoms with E-state index in [-0.39, 0.29) is 17.5 Å². The average Bonchev–Trinajstić information content (AvgIpc) is 3.16. The molecule has 1 atom stereocenters. The summed E-state index contributed by atoms with van der Waals surface area (Å²) in [5.74, 6) is -0.254. The molecule has 2 aromatic rings. The Hall–Kier alpha value is -2.41. The third-order valence-corrected chi connectivity index (χ3v) is 5.43. The van der Waals surface area contributed by atoms with Gasteiger partial charge in [0.1, 0.15) is 5.69 Å². The fraction of sp³-hybridized carbons (Fsp3) is 0.400.